The molecule has 0 aliphatic carbocycles. The van der Waals surface area contributed by atoms with Crippen molar-refractivity contribution < 1.29 is 4.79 Å². The summed E-state index contributed by atoms with van der Waals surface area (Å²) >= 11 is 3.43. The van der Waals surface area contributed by atoms with Crippen LogP contribution >= 0.6 is 15.9 Å². The highest BCUT2D eigenvalue weighted by Crippen LogP contribution is 2.25. The van der Waals surface area contributed by atoms with Gasteiger partial charge < -0.3 is 9.47 Å². The van der Waals surface area contributed by atoms with Crippen LogP contribution in [0.25, 0.3) is 0 Å². The average molecular weight is 333 g/mol. The van der Waals surface area contributed by atoms with E-state index in [1.807, 2.05) is 29.2 Å². The predicted molar refractivity (Wildman–Crippen MR) is 83.8 cm³/mol. The Labute approximate surface area is 127 Å². The van der Waals surface area contributed by atoms with E-state index in [4.69, 9.17) is 0 Å². The first-order valence-electron chi connectivity index (χ1n) is 6.92. The summed E-state index contributed by atoms with van der Waals surface area (Å²) in [6.07, 6.45) is 1.57. The summed E-state index contributed by atoms with van der Waals surface area (Å²) in [6, 6.07) is 12.2. The molecule has 2 heterocycles. The lowest BCUT2D eigenvalue weighted by Gasteiger charge is -2.20. The second-order valence-corrected chi connectivity index (χ2v) is 5.94. The van der Waals surface area contributed by atoms with Gasteiger partial charge in [-0.1, -0.05) is 22.9 Å². The van der Waals surface area contributed by atoms with Crippen molar-refractivity contribution in [3.05, 3.63) is 52.3 Å². The van der Waals surface area contributed by atoms with Crippen molar-refractivity contribution in [3.8, 4) is 0 Å². The van der Waals surface area contributed by atoms with Gasteiger partial charge >= 0.3 is 0 Å². The van der Waals surface area contributed by atoms with Crippen molar-refractivity contribution in [2.24, 2.45) is 0 Å². The molecule has 0 saturated heterocycles. The van der Waals surface area contributed by atoms with Gasteiger partial charge in [-0.15, -0.1) is 0 Å². The van der Waals surface area contributed by atoms with Gasteiger partial charge in [-0.2, -0.15) is 0 Å². The summed E-state index contributed by atoms with van der Waals surface area (Å²) in [6.45, 7) is 3.60. The number of carbonyl (C=O) groups excluding carboxylic acids is 1. The maximum absolute atomic E-state index is 12.4. The van der Waals surface area contributed by atoms with Crippen LogP contribution in [0.3, 0.4) is 0 Å². The number of nitrogens with zero attached hydrogens (tertiary/aromatic N) is 2. The van der Waals surface area contributed by atoms with Crippen molar-refractivity contribution in [2.75, 3.05) is 4.90 Å². The fourth-order valence-electron chi connectivity index (χ4n) is 2.74. The van der Waals surface area contributed by atoms with Crippen LogP contribution in [0.2, 0.25) is 0 Å². The maximum atomic E-state index is 12.4. The monoisotopic (exact) mass is 332 g/mol. The molecule has 1 aliphatic heterocycles. The van der Waals surface area contributed by atoms with Gasteiger partial charge in [0.25, 0.3) is 0 Å². The molecule has 3 rings (SSSR count). The Bertz CT molecular complexity index is 630. The van der Waals surface area contributed by atoms with Crippen LogP contribution in [0.15, 0.2) is 40.9 Å². The smallest absolute Gasteiger partial charge is 0.229 e. The molecule has 20 heavy (non-hydrogen) atoms. The fraction of sp³-hybridized carbons (Fsp3) is 0.312. The molecular weight excluding hydrogens is 316 g/mol. The molecule has 0 bridgehead atoms. The Morgan fingerprint density at radius 3 is 2.60 bits per heavy atom. The highest BCUT2D eigenvalue weighted by atomic mass is 79.9. The minimum Gasteiger partial charge on any atom is -0.346 e. The van der Waals surface area contributed by atoms with Crippen LogP contribution < -0.4 is 4.90 Å². The van der Waals surface area contributed by atoms with E-state index in [0.717, 1.165) is 23.1 Å². The second-order valence-electron chi connectivity index (χ2n) is 5.03. The van der Waals surface area contributed by atoms with Gasteiger partial charge in [0.05, 0.1) is 6.54 Å². The van der Waals surface area contributed by atoms with Crippen molar-refractivity contribution in [3.63, 3.8) is 0 Å². The minimum absolute atomic E-state index is 0.193. The van der Waals surface area contributed by atoms with E-state index in [0.29, 0.717) is 13.0 Å². The van der Waals surface area contributed by atoms with Crippen LogP contribution in [0.1, 0.15) is 24.7 Å². The molecule has 0 unspecified atom stereocenters. The van der Waals surface area contributed by atoms with E-state index in [1.54, 1.807) is 0 Å². The molecule has 0 saturated carbocycles. The standard InChI is InChI=1S/C16H17BrN2O/c1-2-13-7-8-15-11-19(16(20)9-10-18(13)15)14-5-3-12(17)4-6-14/h3-8H,2,9-11H2,1H3. The number of aryl methyl sites for hydroxylation is 1. The number of carbonyl (C=O) groups is 1. The molecule has 1 aliphatic rings. The van der Waals surface area contributed by atoms with Gasteiger partial charge in [0.2, 0.25) is 5.91 Å². The summed E-state index contributed by atoms with van der Waals surface area (Å²) in [7, 11) is 0. The van der Waals surface area contributed by atoms with Crippen LogP contribution in [0, 0.1) is 0 Å². The number of rotatable bonds is 2. The molecule has 104 valence electrons. The lowest BCUT2D eigenvalue weighted by Crippen LogP contribution is -2.28. The molecule has 0 radical (unpaired) electrons. The first kappa shape index (κ1) is 13.4. The lowest BCUT2D eigenvalue weighted by atomic mass is 10.2. The molecule has 0 spiro atoms. The van der Waals surface area contributed by atoms with Crippen LogP contribution in [-0.2, 0) is 24.3 Å². The van der Waals surface area contributed by atoms with Crippen LogP contribution in [-0.4, -0.2) is 10.5 Å². The zero-order valence-electron chi connectivity index (χ0n) is 11.5. The van der Waals surface area contributed by atoms with E-state index in [9.17, 15) is 4.79 Å². The van der Waals surface area contributed by atoms with Crippen LogP contribution in [0.4, 0.5) is 5.69 Å². The maximum Gasteiger partial charge on any atom is 0.229 e. The Balaban J connectivity index is 1.95. The highest BCUT2D eigenvalue weighted by Gasteiger charge is 2.22. The van der Waals surface area contributed by atoms with Crippen LogP contribution in [0.5, 0.6) is 0 Å². The molecule has 1 aromatic heterocycles. The summed E-state index contributed by atoms with van der Waals surface area (Å²) in [4.78, 5) is 14.2. The normalized spacial score (nSPS) is 15.1. The van der Waals surface area contributed by atoms with E-state index in [2.05, 4.69) is 39.6 Å². The molecule has 0 fully saturated rings. The van der Waals surface area contributed by atoms with Crippen molar-refractivity contribution in [1.82, 2.24) is 4.57 Å². The molecule has 0 atom stereocenters. The molecule has 3 nitrogen and oxygen atoms in total. The quantitative estimate of drug-likeness (QED) is 0.822. The zero-order chi connectivity index (χ0) is 14.1. The van der Waals surface area contributed by atoms with Gasteiger partial charge in [0.1, 0.15) is 0 Å². The number of hydrogen-bond acceptors (Lipinski definition) is 1. The number of aromatic nitrogens is 1. The second kappa shape index (κ2) is 5.44. The molecule has 1 amide bonds. The topological polar surface area (TPSA) is 25.2 Å². The Morgan fingerprint density at radius 1 is 1.15 bits per heavy atom. The van der Waals surface area contributed by atoms with E-state index < -0.39 is 0 Å². The third-order valence-corrected chi connectivity index (χ3v) is 4.36. The van der Waals surface area contributed by atoms with E-state index in [1.165, 1.54) is 11.4 Å². The van der Waals surface area contributed by atoms with E-state index in [-0.39, 0.29) is 5.91 Å². The third kappa shape index (κ3) is 2.40. The van der Waals surface area contributed by atoms with Crippen molar-refractivity contribution >= 4 is 27.5 Å². The zero-order valence-corrected chi connectivity index (χ0v) is 13.1. The SMILES string of the molecule is CCc1ccc2n1CCC(=O)N(c1ccc(Br)cc1)C2. The van der Waals surface area contributed by atoms with Gasteiger partial charge in [0.15, 0.2) is 0 Å². The van der Waals surface area contributed by atoms with Gasteiger partial charge in [0, 0.05) is 34.5 Å². The lowest BCUT2D eigenvalue weighted by molar-refractivity contribution is -0.118. The Morgan fingerprint density at radius 2 is 1.90 bits per heavy atom. The first-order chi connectivity index (χ1) is 9.69. The van der Waals surface area contributed by atoms with E-state index >= 15 is 0 Å². The first-order valence-corrected chi connectivity index (χ1v) is 7.71. The Kier molecular flexibility index (Phi) is 3.66. The van der Waals surface area contributed by atoms with Crippen molar-refractivity contribution in [2.45, 2.75) is 32.9 Å². The minimum atomic E-state index is 0.193. The summed E-state index contributed by atoms with van der Waals surface area (Å²) in [5.74, 6) is 0.193. The average Bonchev–Trinajstić information content (AvgIpc) is 2.77. The molecule has 4 heteroatoms. The Hall–Kier alpha value is -1.55. The number of fused-ring (bicyclic) bond motifs is 1. The molecule has 2 aromatic rings. The predicted octanol–water partition coefficient (Wildman–Crippen LogP) is 3.75. The number of benzene rings is 1. The summed E-state index contributed by atoms with van der Waals surface area (Å²) in [5.41, 5.74) is 3.49. The fourth-order valence-corrected chi connectivity index (χ4v) is 3.00. The summed E-state index contributed by atoms with van der Waals surface area (Å²) < 4.78 is 3.32. The number of anilines is 1. The van der Waals surface area contributed by atoms with Gasteiger partial charge in [-0.05, 0) is 42.8 Å². The van der Waals surface area contributed by atoms with Gasteiger partial charge in [-0.25, -0.2) is 0 Å². The highest BCUT2D eigenvalue weighted by molar-refractivity contribution is 9.10. The summed E-state index contributed by atoms with van der Waals surface area (Å²) in [5, 5.41) is 0. The largest absolute Gasteiger partial charge is 0.346 e. The van der Waals surface area contributed by atoms with Crippen molar-refractivity contribution in [1.29, 1.82) is 0 Å². The number of hydrogen-bond donors (Lipinski definition) is 0. The third-order valence-electron chi connectivity index (χ3n) is 3.83. The van der Waals surface area contributed by atoms with Gasteiger partial charge in [-0.3, -0.25) is 4.79 Å². The molecule has 0 N–H and O–H groups in total. The molecule has 1 aromatic carbocycles. The number of halogens is 1. The number of amides is 1. The molecular formula is C16H17BrN2O.